The van der Waals surface area contributed by atoms with Crippen LogP contribution in [-0.4, -0.2) is 30.0 Å². The minimum Gasteiger partial charge on any atom is -0.300 e. The zero-order chi connectivity index (χ0) is 9.47. The molecule has 13 heavy (non-hydrogen) atoms. The highest BCUT2D eigenvalue weighted by molar-refractivity contribution is 4.89. The molecule has 1 atom stereocenters. The molecular formula is C10H17F2N. The molecule has 2 fully saturated rings. The first kappa shape index (κ1) is 9.38. The fourth-order valence-electron chi connectivity index (χ4n) is 2.20. The van der Waals surface area contributed by atoms with Gasteiger partial charge in [-0.25, -0.2) is 8.78 Å². The predicted octanol–water partition coefficient (Wildman–Crippen LogP) is 2.52. The molecule has 0 aromatic rings. The van der Waals surface area contributed by atoms with Gasteiger partial charge < -0.3 is 0 Å². The van der Waals surface area contributed by atoms with Gasteiger partial charge in [0.1, 0.15) is 0 Å². The second kappa shape index (κ2) is 3.19. The van der Waals surface area contributed by atoms with Gasteiger partial charge in [-0.05, 0) is 12.8 Å². The minimum atomic E-state index is -2.42. The lowest BCUT2D eigenvalue weighted by atomic mass is 9.87. The Morgan fingerprint density at radius 3 is 2.46 bits per heavy atom. The second-order valence-corrected chi connectivity index (χ2v) is 4.49. The van der Waals surface area contributed by atoms with Gasteiger partial charge in [0.25, 0.3) is 5.92 Å². The summed E-state index contributed by atoms with van der Waals surface area (Å²) in [7, 11) is 0. The van der Waals surface area contributed by atoms with Crippen molar-refractivity contribution in [2.75, 3.05) is 13.1 Å². The SMILES string of the molecule is CC1CN(C2CCC2)CCC1(F)F. The zero-order valence-electron chi connectivity index (χ0n) is 8.10. The monoisotopic (exact) mass is 189 g/mol. The average molecular weight is 189 g/mol. The Balaban J connectivity index is 1.90. The largest absolute Gasteiger partial charge is 0.300 e. The topological polar surface area (TPSA) is 3.24 Å². The van der Waals surface area contributed by atoms with Gasteiger partial charge in [-0.2, -0.15) is 0 Å². The van der Waals surface area contributed by atoms with Gasteiger partial charge in [0, 0.05) is 31.5 Å². The van der Waals surface area contributed by atoms with Gasteiger partial charge in [-0.3, -0.25) is 4.90 Å². The summed E-state index contributed by atoms with van der Waals surface area (Å²) in [5, 5.41) is 0. The molecule has 1 heterocycles. The summed E-state index contributed by atoms with van der Waals surface area (Å²) >= 11 is 0. The molecule has 3 heteroatoms. The van der Waals surface area contributed by atoms with Gasteiger partial charge in [0.2, 0.25) is 0 Å². The Kier molecular flexibility index (Phi) is 2.30. The number of nitrogens with zero attached hydrogens (tertiary/aromatic N) is 1. The maximum Gasteiger partial charge on any atom is 0.253 e. The maximum atomic E-state index is 13.1. The molecule has 1 saturated carbocycles. The normalized spacial score (nSPS) is 35.8. The zero-order valence-corrected chi connectivity index (χ0v) is 8.10. The van der Waals surface area contributed by atoms with Crippen LogP contribution < -0.4 is 0 Å². The quantitative estimate of drug-likeness (QED) is 0.612. The number of hydrogen-bond donors (Lipinski definition) is 0. The molecule has 2 rings (SSSR count). The van der Waals surface area contributed by atoms with E-state index in [9.17, 15) is 8.78 Å². The van der Waals surface area contributed by atoms with Crippen LogP contribution in [0.2, 0.25) is 0 Å². The van der Waals surface area contributed by atoms with E-state index in [0.29, 0.717) is 19.1 Å². The van der Waals surface area contributed by atoms with E-state index < -0.39 is 11.8 Å². The molecule has 0 bridgehead atoms. The van der Waals surface area contributed by atoms with E-state index in [4.69, 9.17) is 0 Å². The van der Waals surface area contributed by atoms with Gasteiger partial charge in [-0.1, -0.05) is 13.3 Å². The van der Waals surface area contributed by atoms with Crippen molar-refractivity contribution < 1.29 is 8.78 Å². The van der Waals surface area contributed by atoms with Crippen LogP contribution in [-0.2, 0) is 0 Å². The summed E-state index contributed by atoms with van der Waals surface area (Å²) in [5.74, 6) is -2.87. The fraction of sp³-hybridized carbons (Fsp3) is 1.00. The van der Waals surface area contributed by atoms with E-state index in [-0.39, 0.29) is 6.42 Å². The smallest absolute Gasteiger partial charge is 0.253 e. The highest BCUT2D eigenvalue weighted by atomic mass is 19.3. The van der Waals surface area contributed by atoms with Gasteiger partial charge >= 0.3 is 0 Å². The van der Waals surface area contributed by atoms with E-state index in [0.717, 1.165) is 0 Å². The van der Waals surface area contributed by atoms with Crippen LogP contribution in [0, 0.1) is 5.92 Å². The number of piperidine rings is 1. The highest BCUT2D eigenvalue weighted by Crippen LogP contribution is 2.36. The molecule has 2 aliphatic rings. The van der Waals surface area contributed by atoms with Crippen molar-refractivity contribution in [1.29, 1.82) is 0 Å². The Hall–Kier alpha value is -0.180. The molecule has 0 amide bonds. The van der Waals surface area contributed by atoms with E-state index in [1.165, 1.54) is 19.3 Å². The average Bonchev–Trinajstić information content (AvgIpc) is 1.94. The van der Waals surface area contributed by atoms with Gasteiger partial charge in [0.15, 0.2) is 0 Å². The summed E-state index contributed by atoms with van der Waals surface area (Å²) in [4.78, 5) is 2.26. The highest BCUT2D eigenvalue weighted by Gasteiger charge is 2.43. The summed E-state index contributed by atoms with van der Waals surface area (Å²) in [5.41, 5.74) is 0. The number of alkyl halides is 2. The van der Waals surface area contributed by atoms with Crippen LogP contribution >= 0.6 is 0 Å². The molecule has 1 saturated heterocycles. The number of halogens is 2. The first-order valence-electron chi connectivity index (χ1n) is 5.21. The van der Waals surface area contributed by atoms with Crippen LogP contribution in [0.4, 0.5) is 8.78 Å². The molecule has 0 aromatic carbocycles. The Morgan fingerprint density at radius 1 is 1.31 bits per heavy atom. The van der Waals surface area contributed by atoms with Crippen LogP contribution in [0.3, 0.4) is 0 Å². The lowest BCUT2D eigenvalue weighted by molar-refractivity contribution is -0.111. The molecule has 0 N–H and O–H groups in total. The van der Waals surface area contributed by atoms with Crippen molar-refractivity contribution in [3.8, 4) is 0 Å². The Morgan fingerprint density at radius 2 is 2.00 bits per heavy atom. The first-order valence-corrected chi connectivity index (χ1v) is 5.21. The van der Waals surface area contributed by atoms with Gasteiger partial charge in [-0.15, -0.1) is 0 Å². The Labute approximate surface area is 78.1 Å². The number of rotatable bonds is 1. The third-order valence-electron chi connectivity index (χ3n) is 3.55. The van der Waals surface area contributed by atoms with Crippen LogP contribution in [0.5, 0.6) is 0 Å². The van der Waals surface area contributed by atoms with E-state index in [2.05, 4.69) is 4.90 Å². The molecule has 1 unspecified atom stereocenters. The predicted molar refractivity (Wildman–Crippen MR) is 47.9 cm³/mol. The number of likely N-dealkylation sites (tertiary alicyclic amines) is 1. The molecular weight excluding hydrogens is 172 g/mol. The van der Waals surface area contributed by atoms with Crippen molar-refractivity contribution >= 4 is 0 Å². The number of hydrogen-bond acceptors (Lipinski definition) is 1. The third kappa shape index (κ3) is 1.71. The summed E-state index contributed by atoms with van der Waals surface area (Å²) in [6.45, 7) is 2.87. The lowest BCUT2D eigenvalue weighted by Crippen LogP contribution is -2.51. The fourth-order valence-corrected chi connectivity index (χ4v) is 2.20. The molecule has 0 aromatic heterocycles. The summed E-state index contributed by atoms with van der Waals surface area (Å²) in [6, 6.07) is 0.624. The Bertz CT molecular complexity index is 189. The summed E-state index contributed by atoms with van der Waals surface area (Å²) in [6.07, 6.45) is 3.78. The first-order chi connectivity index (χ1) is 6.09. The van der Waals surface area contributed by atoms with E-state index >= 15 is 0 Å². The van der Waals surface area contributed by atoms with Crippen molar-refractivity contribution in [1.82, 2.24) is 4.90 Å². The molecule has 0 radical (unpaired) electrons. The molecule has 1 aliphatic heterocycles. The molecule has 1 aliphatic carbocycles. The second-order valence-electron chi connectivity index (χ2n) is 4.49. The van der Waals surface area contributed by atoms with Crippen molar-refractivity contribution in [2.24, 2.45) is 5.92 Å². The van der Waals surface area contributed by atoms with Crippen LogP contribution in [0.1, 0.15) is 32.6 Å². The van der Waals surface area contributed by atoms with E-state index in [1.807, 2.05) is 0 Å². The molecule has 76 valence electrons. The van der Waals surface area contributed by atoms with Crippen LogP contribution in [0.25, 0.3) is 0 Å². The van der Waals surface area contributed by atoms with Crippen molar-refractivity contribution in [3.05, 3.63) is 0 Å². The van der Waals surface area contributed by atoms with Crippen LogP contribution in [0.15, 0.2) is 0 Å². The lowest BCUT2D eigenvalue weighted by Gasteiger charge is -2.44. The van der Waals surface area contributed by atoms with Crippen molar-refractivity contribution in [3.63, 3.8) is 0 Å². The van der Waals surface area contributed by atoms with Crippen molar-refractivity contribution in [2.45, 2.75) is 44.6 Å². The summed E-state index contributed by atoms with van der Waals surface area (Å²) < 4.78 is 26.3. The third-order valence-corrected chi connectivity index (χ3v) is 3.55. The standard InChI is InChI=1S/C10H17F2N/c1-8-7-13(9-3-2-4-9)6-5-10(8,11)12/h8-9H,2-7H2,1H3. The van der Waals surface area contributed by atoms with E-state index in [1.54, 1.807) is 6.92 Å². The van der Waals surface area contributed by atoms with Gasteiger partial charge in [0.05, 0.1) is 0 Å². The minimum absolute atomic E-state index is 0.0602. The maximum absolute atomic E-state index is 13.1. The molecule has 1 nitrogen and oxygen atoms in total. The molecule has 0 spiro atoms.